The fourth-order valence-corrected chi connectivity index (χ4v) is 4.96. The van der Waals surface area contributed by atoms with E-state index in [0.717, 1.165) is 28.4 Å². The lowest BCUT2D eigenvalue weighted by Crippen LogP contribution is -2.36. The Hall–Kier alpha value is -1.38. The van der Waals surface area contributed by atoms with Crippen molar-refractivity contribution in [2.75, 3.05) is 0 Å². The van der Waals surface area contributed by atoms with Crippen LogP contribution in [0.3, 0.4) is 0 Å². The smallest absolute Gasteiger partial charge is 0.163 e. The number of hydrogen-bond donors (Lipinski definition) is 0. The van der Waals surface area contributed by atoms with Crippen LogP contribution in [0.25, 0.3) is 0 Å². The Morgan fingerprint density at radius 1 is 1.24 bits per heavy atom. The molecule has 0 bridgehead atoms. The van der Waals surface area contributed by atoms with Crippen molar-refractivity contribution in [1.29, 1.82) is 0 Å². The lowest BCUT2D eigenvalue weighted by Gasteiger charge is -2.31. The molecule has 1 saturated carbocycles. The standard InChI is InChI=1S/C23H25FINO3/c1-23(2)28-21-5-3-4-15(22(21)29-23)11-20(27)18-8-9-26-13-16(18)10-14-6-7-17(25)12-19(14)24/h6-9,12-13,15,21-22H,3-5,10-11H2,1-2H3/t15-,21+,22-/m0/s1. The van der Waals surface area contributed by atoms with Crippen LogP contribution in [0.15, 0.2) is 36.7 Å². The summed E-state index contributed by atoms with van der Waals surface area (Å²) < 4.78 is 27.3. The summed E-state index contributed by atoms with van der Waals surface area (Å²) in [4.78, 5) is 17.4. The number of ketones is 1. The van der Waals surface area contributed by atoms with Gasteiger partial charge in [-0.2, -0.15) is 0 Å². The number of hydrogen-bond acceptors (Lipinski definition) is 4. The molecule has 1 aliphatic carbocycles. The molecule has 6 heteroatoms. The molecule has 0 unspecified atom stereocenters. The van der Waals surface area contributed by atoms with Crippen LogP contribution in [0.2, 0.25) is 0 Å². The average Bonchev–Trinajstić information content (AvgIpc) is 2.99. The van der Waals surface area contributed by atoms with E-state index in [2.05, 4.69) is 27.6 Å². The molecule has 2 aliphatic rings. The van der Waals surface area contributed by atoms with Crippen molar-refractivity contribution in [2.24, 2.45) is 5.92 Å². The molecule has 154 valence electrons. The van der Waals surface area contributed by atoms with E-state index in [1.54, 1.807) is 24.5 Å². The van der Waals surface area contributed by atoms with Gasteiger partial charge in [0.15, 0.2) is 11.6 Å². The van der Waals surface area contributed by atoms with E-state index in [9.17, 15) is 9.18 Å². The largest absolute Gasteiger partial charge is 0.345 e. The summed E-state index contributed by atoms with van der Waals surface area (Å²) in [6, 6.07) is 6.90. The van der Waals surface area contributed by atoms with Crippen LogP contribution in [0.1, 0.15) is 61.0 Å². The third-order valence-corrected chi connectivity index (χ3v) is 6.47. The van der Waals surface area contributed by atoms with Crippen molar-refractivity contribution >= 4 is 28.4 Å². The number of benzene rings is 1. The third kappa shape index (κ3) is 4.70. The van der Waals surface area contributed by atoms with Gasteiger partial charge in [0.1, 0.15) is 5.82 Å². The first-order chi connectivity index (χ1) is 13.8. The van der Waals surface area contributed by atoms with Crippen LogP contribution < -0.4 is 0 Å². The minimum absolute atomic E-state index is 0.0402. The minimum Gasteiger partial charge on any atom is -0.345 e. The third-order valence-electron chi connectivity index (χ3n) is 5.80. The fourth-order valence-electron chi connectivity index (χ4n) is 4.51. The van der Waals surface area contributed by atoms with Crippen molar-refractivity contribution in [1.82, 2.24) is 4.98 Å². The summed E-state index contributed by atoms with van der Waals surface area (Å²) in [7, 11) is 0. The van der Waals surface area contributed by atoms with E-state index < -0.39 is 5.79 Å². The maximum atomic E-state index is 14.3. The SMILES string of the molecule is CC1(C)O[C@H]2[C@H](CC(=O)c3ccncc3Cc3ccc(I)cc3F)CCC[C@H]2O1. The highest BCUT2D eigenvalue weighted by Crippen LogP contribution is 2.41. The first-order valence-corrected chi connectivity index (χ1v) is 11.2. The van der Waals surface area contributed by atoms with Gasteiger partial charge in [0.05, 0.1) is 12.2 Å². The van der Waals surface area contributed by atoms with Gasteiger partial charge in [-0.25, -0.2) is 4.39 Å². The second-order valence-electron chi connectivity index (χ2n) is 8.40. The van der Waals surface area contributed by atoms with E-state index in [-0.39, 0.29) is 29.7 Å². The van der Waals surface area contributed by atoms with Crippen LogP contribution in [0.5, 0.6) is 0 Å². The lowest BCUT2D eigenvalue weighted by atomic mass is 9.80. The van der Waals surface area contributed by atoms with E-state index in [4.69, 9.17) is 9.47 Å². The molecular weight excluding hydrogens is 484 g/mol. The summed E-state index contributed by atoms with van der Waals surface area (Å²) in [6.07, 6.45) is 7.05. The molecule has 0 N–H and O–H groups in total. The van der Waals surface area contributed by atoms with Gasteiger partial charge in [-0.3, -0.25) is 9.78 Å². The molecule has 1 saturated heterocycles. The topological polar surface area (TPSA) is 48.4 Å². The molecule has 1 aliphatic heterocycles. The lowest BCUT2D eigenvalue weighted by molar-refractivity contribution is -0.148. The number of Topliss-reactive ketones (excluding diaryl/α,β-unsaturated/α-hetero) is 1. The molecule has 4 nitrogen and oxygen atoms in total. The van der Waals surface area contributed by atoms with Gasteiger partial charge < -0.3 is 9.47 Å². The van der Waals surface area contributed by atoms with Crippen LogP contribution in [-0.4, -0.2) is 28.8 Å². The van der Waals surface area contributed by atoms with Gasteiger partial charge in [-0.05, 0) is 84.5 Å². The normalized spacial score (nSPS) is 25.6. The molecule has 4 rings (SSSR count). The maximum absolute atomic E-state index is 14.3. The van der Waals surface area contributed by atoms with Crippen molar-refractivity contribution < 1.29 is 18.7 Å². The first-order valence-electron chi connectivity index (χ1n) is 10.1. The Morgan fingerprint density at radius 3 is 2.86 bits per heavy atom. The van der Waals surface area contributed by atoms with Crippen molar-refractivity contribution in [3.05, 3.63) is 62.7 Å². The molecular formula is C23H25FINO3. The molecule has 1 aromatic carbocycles. The van der Waals surface area contributed by atoms with Crippen LogP contribution >= 0.6 is 22.6 Å². The van der Waals surface area contributed by atoms with Crippen molar-refractivity contribution in [3.63, 3.8) is 0 Å². The second-order valence-corrected chi connectivity index (χ2v) is 9.65. The van der Waals surface area contributed by atoms with E-state index in [0.29, 0.717) is 24.0 Å². The highest BCUT2D eigenvalue weighted by molar-refractivity contribution is 14.1. The van der Waals surface area contributed by atoms with Gasteiger partial charge in [-0.1, -0.05) is 12.5 Å². The van der Waals surface area contributed by atoms with Gasteiger partial charge in [0, 0.05) is 34.4 Å². The van der Waals surface area contributed by atoms with Crippen LogP contribution in [0.4, 0.5) is 4.39 Å². The summed E-state index contributed by atoms with van der Waals surface area (Å²) >= 11 is 2.09. The number of pyridine rings is 1. The molecule has 29 heavy (non-hydrogen) atoms. The first kappa shape index (κ1) is 20.9. The zero-order valence-electron chi connectivity index (χ0n) is 16.7. The molecule has 1 aromatic heterocycles. The Bertz CT molecular complexity index is 917. The summed E-state index contributed by atoms with van der Waals surface area (Å²) in [6.45, 7) is 3.86. The number of nitrogens with zero attached hydrogens (tertiary/aromatic N) is 1. The number of ether oxygens (including phenoxy) is 2. The Morgan fingerprint density at radius 2 is 2.07 bits per heavy atom. The molecule has 2 heterocycles. The summed E-state index contributed by atoms with van der Waals surface area (Å²) in [5.41, 5.74) is 1.95. The van der Waals surface area contributed by atoms with Gasteiger partial charge in [0.25, 0.3) is 0 Å². The monoisotopic (exact) mass is 509 g/mol. The van der Waals surface area contributed by atoms with E-state index >= 15 is 0 Å². The zero-order valence-corrected chi connectivity index (χ0v) is 18.8. The predicted molar refractivity (Wildman–Crippen MR) is 116 cm³/mol. The van der Waals surface area contributed by atoms with Crippen molar-refractivity contribution in [2.45, 2.75) is 63.9 Å². The molecule has 2 fully saturated rings. The summed E-state index contributed by atoms with van der Waals surface area (Å²) in [5.74, 6) is -0.648. The number of halogens is 2. The number of rotatable bonds is 5. The maximum Gasteiger partial charge on any atom is 0.163 e. The quantitative estimate of drug-likeness (QED) is 0.405. The average molecular weight is 509 g/mol. The minimum atomic E-state index is -0.592. The predicted octanol–water partition coefficient (Wildman–Crippen LogP) is 5.31. The fraction of sp³-hybridized carbons (Fsp3) is 0.478. The number of aromatic nitrogens is 1. The second kappa shape index (κ2) is 8.40. The number of carbonyl (C=O) groups is 1. The highest BCUT2D eigenvalue weighted by Gasteiger charge is 2.47. The van der Waals surface area contributed by atoms with E-state index in [1.807, 2.05) is 19.9 Å². The molecule has 3 atom stereocenters. The molecule has 2 aromatic rings. The number of fused-ring (bicyclic) bond motifs is 1. The van der Waals surface area contributed by atoms with Gasteiger partial charge >= 0.3 is 0 Å². The van der Waals surface area contributed by atoms with Gasteiger partial charge in [-0.15, -0.1) is 0 Å². The van der Waals surface area contributed by atoms with Crippen LogP contribution in [-0.2, 0) is 15.9 Å². The van der Waals surface area contributed by atoms with Crippen LogP contribution in [0, 0.1) is 15.3 Å². The zero-order chi connectivity index (χ0) is 20.6. The van der Waals surface area contributed by atoms with Crippen molar-refractivity contribution in [3.8, 4) is 0 Å². The Labute approximate surface area is 184 Å². The Balaban J connectivity index is 1.52. The highest BCUT2D eigenvalue weighted by atomic mass is 127. The molecule has 0 radical (unpaired) electrons. The van der Waals surface area contributed by atoms with E-state index in [1.165, 1.54) is 6.07 Å². The molecule has 0 spiro atoms. The van der Waals surface area contributed by atoms with Gasteiger partial charge in [0.2, 0.25) is 0 Å². The molecule has 0 amide bonds. The number of carbonyl (C=O) groups excluding carboxylic acids is 1. The Kier molecular flexibility index (Phi) is 6.04. The summed E-state index contributed by atoms with van der Waals surface area (Å²) in [5, 5.41) is 0.